The van der Waals surface area contributed by atoms with E-state index in [1.54, 1.807) is 47.0 Å². The molecule has 150 valence electrons. The van der Waals surface area contributed by atoms with E-state index in [2.05, 4.69) is 10.2 Å². The first kappa shape index (κ1) is 19.8. The van der Waals surface area contributed by atoms with Gasteiger partial charge in [0.1, 0.15) is 11.6 Å². The molecule has 1 aromatic heterocycles. The Kier molecular flexibility index (Phi) is 5.90. The van der Waals surface area contributed by atoms with Crippen LogP contribution in [0.5, 0.6) is 0 Å². The van der Waals surface area contributed by atoms with Crippen LogP contribution >= 0.6 is 11.8 Å². The number of para-hydroxylation sites is 1. The Morgan fingerprint density at radius 2 is 1.60 bits per heavy atom. The number of carbonyl (C=O) groups is 1. The molecular formula is C23H18FN3O2S. The van der Waals surface area contributed by atoms with Crippen molar-refractivity contribution in [2.24, 2.45) is 0 Å². The molecule has 0 aliphatic rings. The minimum Gasteiger partial charge on any atom is -0.478 e. The normalized spacial score (nSPS) is 10.8. The zero-order valence-corrected chi connectivity index (χ0v) is 16.7. The van der Waals surface area contributed by atoms with Crippen LogP contribution in [0.15, 0.2) is 84.0 Å². The van der Waals surface area contributed by atoms with Crippen LogP contribution < -0.4 is 0 Å². The van der Waals surface area contributed by atoms with Gasteiger partial charge in [0.15, 0.2) is 5.16 Å². The summed E-state index contributed by atoms with van der Waals surface area (Å²) < 4.78 is 16.3. The molecule has 0 saturated carbocycles. The maximum Gasteiger partial charge on any atom is 0.335 e. The van der Waals surface area contributed by atoms with Gasteiger partial charge in [0, 0.05) is 12.2 Å². The molecule has 7 heteroatoms. The lowest BCUT2D eigenvalue weighted by Gasteiger charge is -2.11. The lowest BCUT2D eigenvalue weighted by Crippen LogP contribution is -2.06. The van der Waals surface area contributed by atoms with Crippen LogP contribution in [0.2, 0.25) is 0 Å². The molecule has 3 aromatic carbocycles. The van der Waals surface area contributed by atoms with Gasteiger partial charge >= 0.3 is 5.97 Å². The van der Waals surface area contributed by atoms with E-state index >= 15 is 0 Å². The number of halogens is 1. The molecule has 4 rings (SSSR count). The Bertz CT molecular complexity index is 1160. The number of benzene rings is 3. The van der Waals surface area contributed by atoms with Crippen LogP contribution in [-0.4, -0.2) is 25.8 Å². The number of thioether (sulfide) groups is 1. The van der Waals surface area contributed by atoms with Gasteiger partial charge in [0.2, 0.25) is 0 Å². The van der Waals surface area contributed by atoms with Crippen molar-refractivity contribution in [2.45, 2.75) is 17.3 Å². The predicted molar refractivity (Wildman–Crippen MR) is 114 cm³/mol. The Morgan fingerprint density at radius 3 is 2.30 bits per heavy atom. The molecule has 0 unspecified atom stereocenters. The summed E-state index contributed by atoms with van der Waals surface area (Å²) in [4.78, 5) is 11.0. The van der Waals surface area contributed by atoms with Crippen LogP contribution in [0.25, 0.3) is 5.69 Å². The summed E-state index contributed by atoms with van der Waals surface area (Å²) in [5, 5.41) is 18.2. The fraction of sp³-hybridized carbons (Fsp3) is 0.0870. The molecular weight excluding hydrogens is 401 g/mol. The molecule has 0 aliphatic carbocycles. The van der Waals surface area contributed by atoms with Crippen LogP contribution in [0.3, 0.4) is 0 Å². The summed E-state index contributed by atoms with van der Waals surface area (Å²) in [5.41, 5.74) is 2.64. The summed E-state index contributed by atoms with van der Waals surface area (Å²) >= 11 is 1.42. The highest BCUT2D eigenvalue weighted by Gasteiger charge is 2.17. The van der Waals surface area contributed by atoms with Crippen molar-refractivity contribution in [3.05, 3.63) is 107 Å². The number of nitrogens with zero attached hydrogens (tertiary/aromatic N) is 3. The first-order chi connectivity index (χ1) is 14.6. The zero-order valence-electron chi connectivity index (χ0n) is 15.9. The number of aromatic nitrogens is 3. The number of carboxylic acid groups (broad SMARTS) is 1. The summed E-state index contributed by atoms with van der Waals surface area (Å²) in [7, 11) is 0. The largest absolute Gasteiger partial charge is 0.478 e. The molecule has 5 nitrogen and oxygen atoms in total. The standard InChI is InChI=1S/C23H18FN3O2S/c24-19-8-4-5-9-20(19)27-21(14-16-6-2-1-3-7-16)25-26-23(27)30-15-17-10-12-18(13-11-17)22(28)29/h1-13H,14-15H2,(H,28,29). The lowest BCUT2D eigenvalue weighted by molar-refractivity contribution is 0.0697. The molecule has 30 heavy (non-hydrogen) atoms. The van der Waals surface area contributed by atoms with Gasteiger partial charge in [0.25, 0.3) is 0 Å². The van der Waals surface area contributed by atoms with Crippen molar-refractivity contribution in [3.8, 4) is 5.69 Å². The Labute approximate surface area is 177 Å². The Balaban J connectivity index is 1.64. The molecule has 0 bridgehead atoms. The average molecular weight is 419 g/mol. The minimum absolute atomic E-state index is 0.239. The lowest BCUT2D eigenvalue weighted by atomic mass is 10.1. The van der Waals surface area contributed by atoms with Crippen molar-refractivity contribution in [3.63, 3.8) is 0 Å². The number of aromatic carboxylic acids is 1. The average Bonchev–Trinajstić information content (AvgIpc) is 3.15. The van der Waals surface area contributed by atoms with Crippen molar-refractivity contribution in [2.75, 3.05) is 0 Å². The third-order valence-corrected chi connectivity index (χ3v) is 5.57. The number of hydrogen-bond acceptors (Lipinski definition) is 4. The minimum atomic E-state index is -0.959. The quantitative estimate of drug-likeness (QED) is 0.428. The molecule has 0 fully saturated rings. The van der Waals surface area contributed by atoms with Gasteiger partial charge in [-0.1, -0.05) is 66.4 Å². The summed E-state index contributed by atoms with van der Waals surface area (Å²) in [6, 6.07) is 23.1. The van der Waals surface area contributed by atoms with Gasteiger partial charge in [-0.2, -0.15) is 0 Å². The van der Waals surface area contributed by atoms with Crippen molar-refractivity contribution in [1.29, 1.82) is 0 Å². The van der Waals surface area contributed by atoms with Gasteiger partial charge in [-0.15, -0.1) is 10.2 Å². The monoisotopic (exact) mass is 419 g/mol. The molecule has 1 N–H and O–H groups in total. The van der Waals surface area contributed by atoms with Crippen molar-refractivity contribution < 1.29 is 14.3 Å². The summed E-state index contributed by atoms with van der Waals surface area (Å²) in [5.74, 6) is -0.106. The molecule has 0 spiro atoms. The molecule has 0 atom stereocenters. The van der Waals surface area contributed by atoms with E-state index in [9.17, 15) is 9.18 Å². The van der Waals surface area contributed by atoms with E-state index in [-0.39, 0.29) is 11.4 Å². The third kappa shape index (κ3) is 4.41. The van der Waals surface area contributed by atoms with E-state index in [0.717, 1.165) is 11.1 Å². The van der Waals surface area contributed by atoms with E-state index in [1.807, 2.05) is 30.3 Å². The first-order valence-electron chi connectivity index (χ1n) is 9.30. The van der Waals surface area contributed by atoms with E-state index in [0.29, 0.717) is 28.8 Å². The summed E-state index contributed by atoms with van der Waals surface area (Å²) in [6.45, 7) is 0. The van der Waals surface area contributed by atoms with Gasteiger partial charge < -0.3 is 5.11 Å². The fourth-order valence-corrected chi connectivity index (χ4v) is 3.97. The third-order valence-electron chi connectivity index (χ3n) is 4.57. The molecule has 0 radical (unpaired) electrons. The predicted octanol–water partition coefficient (Wildman–Crippen LogP) is 4.99. The maximum absolute atomic E-state index is 14.6. The molecule has 0 aliphatic heterocycles. The van der Waals surface area contributed by atoms with Crippen molar-refractivity contribution >= 4 is 17.7 Å². The second-order valence-electron chi connectivity index (χ2n) is 6.64. The highest BCUT2D eigenvalue weighted by Crippen LogP contribution is 2.27. The van der Waals surface area contributed by atoms with Crippen LogP contribution in [0, 0.1) is 5.82 Å². The van der Waals surface area contributed by atoms with E-state index in [1.165, 1.54) is 17.8 Å². The molecule has 0 saturated heterocycles. The van der Waals surface area contributed by atoms with E-state index < -0.39 is 5.97 Å². The van der Waals surface area contributed by atoms with E-state index in [4.69, 9.17) is 5.11 Å². The fourth-order valence-electron chi connectivity index (χ4n) is 3.05. The van der Waals surface area contributed by atoms with Gasteiger partial charge in [-0.25, -0.2) is 9.18 Å². The summed E-state index contributed by atoms with van der Waals surface area (Å²) in [6.07, 6.45) is 0.524. The SMILES string of the molecule is O=C(O)c1ccc(CSc2nnc(Cc3ccccc3)n2-c2ccccc2F)cc1. The topological polar surface area (TPSA) is 68.0 Å². The second kappa shape index (κ2) is 8.92. The van der Waals surface area contributed by atoms with Crippen LogP contribution in [-0.2, 0) is 12.2 Å². The van der Waals surface area contributed by atoms with Gasteiger partial charge in [-0.3, -0.25) is 4.57 Å². The molecule has 1 heterocycles. The van der Waals surface area contributed by atoms with Gasteiger partial charge in [-0.05, 0) is 35.4 Å². The highest BCUT2D eigenvalue weighted by atomic mass is 32.2. The van der Waals surface area contributed by atoms with Crippen LogP contribution in [0.4, 0.5) is 4.39 Å². The smallest absolute Gasteiger partial charge is 0.335 e. The number of carboxylic acids is 1. The highest BCUT2D eigenvalue weighted by molar-refractivity contribution is 7.98. The Hall–Kier alpha value is -3.45. The molecule has 0 amide bonds. The molecule has 4 aromatic rings. The Morgan fingerprint density at radius 1 is 0.900 bits per heavy atom. The second-order valence-corrected chi connectivity index (χ2v) is 7.58. The van der Waals surface area contributed by atoms with Gasteiger partial charge in [0.05, 0.1) is 11.3 Å². The number of rotatable bonds is 7. The zero-order chi connectivity index (χ0) is 20.9. The van der Waals surface area contributed by atoms with Crippen molar-refractivity contribution in [1.82, 2.24) is 14.8 Å². The first-order valence-corrected chi connectivity index (χ1v) is 10.3. The van der Waals surface area contributed by atoms with Crippen LogP contribution in [0.1, 0.15) is 27.3 Å². The maximum atomic E-state index is 14.6. The number of hydrogen-bond donors (Lipinski definition) is 1.